The lowest BCUT2D eigenvalue weighted by molar-refractivity contribution is 0.393. The number of fused-ring (bicyclic) bond motifs is 2. The molecule has 2 aromatic heterocycles. The molecule has 2 aliphatic heterocycles. The Labute approximate surface area is 168 Å². The Kier molecular flexibility index (Phi) is 3.89. The molecule has 4 heterocycles. The first-order valence-corrected chi connectivity index (χ1v) is 10.9. The molecule has 3 aromatic rings. The van der Waals surface area contributed by atoms with Crippen molar-refractivity contribution in [3.05, 3.63) is 41.9 Å². The molecule has 0 radical (unpaired) electrons. The molecule has 0 amide bonds. The average molecular weight is 411 g/mol. The van der Waals surface area contributed by atoms with Crippen LogP contribution in [0.3, 0.4) is 0 Å². The molecule has 150 valence electrons. The van der Waals surface area contributed by atoms with E-state index in [-0.39, 0.29) is 10.9 Å². The lowest BCUT2D eigenvalue weighted by Gasteiger charge is -2.27. The lowest BCUT2D eigenvalue weighted by atomic mass is 10.1. The maximum atomic E-state index is 12.4. The number of aromatic nitrogens is 4. The van der Waals surface area contributed by atoms with E-state index in [1.165, 1.54) is 0 Å². The van der Waals surface area contributed by atoms with Gasteiger partial charge in [0, 0.05) is 38.8 Å². The van der Waals surface area contributed by atoms with Gasteiger partial charge in [-0.05, 0) is 25.5 Å². The van der Waals surface area contributed by atoms with Crippen LogP contribution >= 0.6 is 0 Å². The predicted octanol–water partition coefficient (Wildman–Crippen LogP) is 1.33. The van der Waals surface area contributed by atoms with Crippen LogP contribution in [0.1, 0.15) is 17.8 Å². The van der Waals surface area contributed by atoms with Crippen molar-refractivity contribution in [2.75, 3.05) is 25.0 Å². The van der Waals surface area contributed by atoms with E-state index in [1.807, 2.05) is 38.1 Å². The SMILES string of the molecule is Cc1nc(N2CCC(N(C)C3=NS(=O)(=O)c4ccccc43)C2)c2cnn(C)c2n1. The van der Waals surface area contributed by atoms with Crippen LogP contribution in [0, 0.1) is 6.92 Å². The summed E-state index contributed by atoms with van der Waals surface area (Å²) in [7, 11) is 0.157. The molecule has 0 bridgehead atoms. The zero-order valence-corrected chi connectivity index (χ0v) is 17.3. The summed E-state index contributed by atoms with van der Waals surface area (Å²) in [6.45, 7) is 3.42. The van der Waals surface area contributed by atoms with E-state index in [9.17, 15) is 8.42 Å². The van der Waals surface area contributed by atoms with Gasteiger partial charge in [0.25, 0.3) is 10.0 Å². The maximum Gasteiger partial charge on any atom is 0.285 e. The van der Waals surface area contributed by atoms with Crippen molar-refractivity contribution in [2.45, 2.75) is 24.3 Å². The number of rotatable bonds is 2. The number of anilines is 1. The van der Waals surface area contributed by atoms with E-state index in [2.05, 4.69) is 24.4 Å². The highest BCUT2D eigenvalue weighted by molar-refractivity contribution is 7.90. The average Bonchev–Trinajstić information content (AvgIpc) is 3.39. The van der Waals surface area contributed by atoms with Crippen molar-refractivity contribution in [1.82, 2.24) is 24.6 Å². The minimum absolute atomic E-state index is 0.122. The summed E-state index contributed by atoms with van der Waals surface area (Å²) < 4.78 is 30.6. The molecule has 10 heteroatoms. The summed E-state index contributed by atoms with van der Waals surface area (Å²) >= 11 is 0. The molecule has 1 aromatic carbocycles. The van der Waals surface area contributed by atoms with Crippen LogP contribution in [0.4, 0.5) is 5.82 Å². The van der Waals surface area contributed by atoms with Gasteiger partial charge in [-0.1, -0.05) is 12.1 Å². The molecule has 1 unspecified atom stereocenters. The second kappa shape index (κ2) is 6.24. The number of likely N-dealkylation sites (N-methyl/N-ethyl adjacent to an activating group) is 1. The highest BCUT2D eigenvalue weighted by Crippen LogP contribution is 2.31. The Morgan fingerprint density at radius 2 is 2.00 bits per heavy atom. The number of hydrogen-bond donors (Lipinski definition) is 0. The Bertz CT molecular complexity index is 1260. The fourth-order valence-electron chi connectivity index (χ4n) is 4.12. The van der Waals surface area contributed by atoms with Gasteiger partial charge in [-0.15, -0.1) is 4.40 Å². The quantitative estimate of drug-likeness (QED) is 0.628. The zero-order chi connectivity index (χ0) is 20.3. The number of amidine groups is 1. The highest BCUT2D eigenvalue weighted by atomic mass is 32.2. The number of aryl methyl sites for hydroxylation is 2. The Hall–Kier alpha value is -3.01. The van der Waals surface area contributed by atoms with Crippen molar-refractivity contribution in [1.29, 1.82) is 0 Å². The Morgan fingerprint density at radius 3 is 2.83 bits per heavy atom. The van der Waals surface area contributed by atoms with Crippen LogP contribution < -0.4 is 4.90 Å². The first-order valence-electron chi connectivity index (χ1n) is 9.43. The number of nitrogens with zero attached hydrogens (tertiary/aromatic N) is 7. The largest absolute Gasteiger partial charge is 0.354 e. The van der Waals surface area contributed by atoms with Gasteiger partial charge in [0.1, 0.15) is 16.5 Å². The minimum Gasteiger partial charge on any atom is -0.354 e. The van der Waals surface area contributed by atoms with Crippen LogP contribution in [0.25, 0.3) is 11.0 Å². The monoisotopic (exact) mass is 411 g/mol. The summed E-state index contributed by atoms with van der Waals surface area (Å²) in [6, 6.07) is 7.11. The second-order valence-electron chi connectivity index (χ2n) is 7.49. The van der Waals surface area contributed by atoms with E-state index in [1.54, 1.807) is 23.0 Å². The number of hydrogen-bond acceptors (Lipinski definition) is 7. The third-order valence-corrected chi connectivity index (χ3v) is 6.97. The molecule has 1 fully saturated rings. The molecule has 1 atom stereocenters. The molecule has 9 nitrogen and oxygen atoms in total. The lowest BCUT2D eigenvalue weighted by Crippen LogP contribution is -2.39. The molecule has 5 rings (SSSR count). The third kappa shape index (κ3) is 2.78. The summed E-state index contributed by atoms with van der Waals surface area (Å²) in [5, 5.41) is 5.24. The van der Waals surface area contributed by atoms with Crippen molar-refractivity contribution < 1.29 is 8.42 Å². The van der Waals surface area contributed by atoms with Crippen molar-refractivity contribution in [3.8, 4) is 0 Å². The van der Waals surface area contributed by atoms with Crippen LogP contribution in [-0.4, -0.2) is 65.1 Å². The molecule has 1 saturated heterocycles. The highest BCUT2D eigenvalue weighted by Gasteiger charge is 2.35. The summed E-state index contributed by atoms with van der Waals surface area (Å²) in [6.07, 6.45) is 2.67. The van der Waals surface area contributed by atoms with Gasteiger partial charge in [-0.2, -0.15) is 13.5 Å². The maximum absolute atomic E-state index is 12.4. The summed E-state index contributed by atoms with van der Waals surface area (Å²) in [5.41, 5.74) is 1.48. The summed E-state index contributed by atoms with van der Waals surface area (Å²) in [4.78, 5) is 13.6. The van der Waals surface area contributed by atoms with Crippen molar-refractivity contribution in [3.63, 3.8) is 0 Å². The normalized spacial score (nSPS) is 20.2. The van der Waals surface area contributed by atoms with E-state index in [0.717, 1.165) is 36.4 Å². The third-order valence-electron chi connectivity index (χ3n) is 5.64. The first kappa shape index (κ1) is 18.0. The standard InChI is InChI=1S/C19H21N7O2S/c1-12-21-17-15(10-20-25(17)3)18(22-12)26-9-8-13(11-26)24(2)19-14-6-4-5-7-16(14)29(27,28)23-19/h4-7,10,13H,8-9,11H2,1-3H3. The van der Waals surface area contributed by atoms with Crippen LogP contribution in [0.2, 0.25) is 0 Å². The molecule has 29 heavy (non-hydrogen) atoms. The van der Waals surface area contributed by atoms with Gasteiger partial charge in [0.15, 0.2) is 11.5 Å². The fraction of sp³-hybridized carbons (Fsp3) is 0.368. The van der Waals surface area contributed by atoms with Crippen LogP contribution in [-0.2, 0) is 17.1 Å². The Balaban J connectivity index is 1.45. The van der Waals surface area contributed by atoms with Crippen molar-refractivity contribution in [2.24, 2.45) is 11.4 Å². The number of sulfonamides is 1. The van der Waals surface area contributed by atoms with Gasteiger partial charge in [0.2, 0.25) is 0 Å². The van der Waals surface area contributed by atoms with Gasteiger partial charge in [-0.25, -0.2) is 9.97 Å². The van der Waals surface area contributed by atoms with Gasteiger partial charge in [-0.3, -0.25) is 4.68 Å². The zero-order valence-electron chi connectivity index (χ0n) is 16.4. The smallest absolute Gasteiger partial charge is 0.285 e. The van der Waals surface area contributed by atoms with E-state index in [4.69, 9.17) is 0 Å². The van der Waals surface area contributed by atoms with E-state index in [0.29, 0.717) is 17.2 Å². The van der Waals surface area contributed by atoms with Gasteiger partial charge in [0.05, 0.1) is 11.6 Å². The molecule has 2 aliphatic rings. The molecule has 0 N–H and O–H groups in total. The predicted molar refractivity (Wildman–Crippen MR) is 110 cm³/mol. The number of benzene rings is 1. The molecule has 0 spiro atoms. The molecule has 0 saturated carbocycles. The first-order chi connectivity index (χ1) is 13.8. The fourth-order valence-corrected chi connectivity index (χ4v) is 5.36. The minimum atomic E-state index is -3.63. The van der Waals surface area contributed by atoms with Crippen LogP contribution in [0.15, 0.2) is 39.8 Å². The van der Waals surface area contributed by atoms with Crippen LogP contribution in [0.5, 0.6) is 0 Å². The molecular weight excluding hydrogens is 390 g/mol. The van der Waals surface area contributed by atoms with Gasteiger partial charge >= 0.3 is 0 Å². The molecule has 0 aliphatic carbocycles. The van der Waals surface area contributed by atoms with Gasteiger partial charge < -0.3 is 9.80 Å². The summed E-state index contributed by atoms with van der Waals surface area (Å²) in [5.74, 6) is 2.09. The topological polar surface area (TPSA) is 96.6 Å². The second-order valence-corrected chi connectivity index (χ2v) is 9.06. The molecular formula is C19H21N7O2S. The van der Waals surface area contributed by atoms with E-state index < -0.39 is 10.0 Å². The Morgan fingerprint density at radius 1 is 1.21 bits per heavy atom. The van der Waals surface area contributed by atoms with Crippen molar-refractivity contribution >= 4 is 32.7 Å². The van der Waals surface area contributed by atoms with E-state index >= 15 is 0 Å².